The smallest absolute Gasteiger partial charge is 0.355 e. The average molecular weight is 544 g/mol. The topological polar surface area (TPSA) is 251 Å². The zero-order chi connectivity index (χ0) is 27.4. The molecule has 0 unspecified atom stereocenters. The number of aliphatic imine (C=N–C) groups is 1. The van der Waals surface area contributed by atoms with Gasteiger partial charge >= 0.3 is 17.9 Å². The Morgan fingerprint density at radius 3 is 1.97 bits per heavy atom. The maximum absolute atomic E-state index is 10.9. The maximum atomic E-state index is 10.9. The van der Waals surface area contributed by atoms with Crippen LogP contribution in [0.15, 0.2) is 63.3 Å². The summed E-state index contributed by atoms with van der Waals surface area (Å²) in [7, 11) is 0. The molecule has 4 rings (SSSR count). The van der Waals surface area contributed by atoms with Gasteiger partial charge < -0.3 is 56.2 Å². The van der Waals surface area contributed by atoms with Crippen LogP contribution in [-0.2, 0) is 4.74 Å². The van der Waals surface area contributed by atoms with E-state index in [0.717, 1.165) is 0 Å². The van der Waals surface area contributed by atoms with E-state index in [0.29, 0.717) is 20.4 Å². The fraction of sp³-hybridized carbons (Fsp3) is 0.381. The van der Waals surface area contributed by atoms with E-state index >= 15 is 0 Å². The molecule has 0 amide bonds. The highest BCUT2D eigenvalue weighted by molar-refractivity contribution is 7.99. The molecule has 0 saturated carbocycles. The van der Waals surface area contributed by atoms with Gasteiger partial charge in [-0.1, -0.05) is 42.1 Å². The van der Waals surface area contributed by atoms with Crippen LogP contribution in [0.2, 0.25) is 0 Å². The van der Waals surface area contributed by atoms with E-state index in [1.807, 2.05) is 0 Å². The number of fused-ring (bicyclic) bond motifs is 2. The number of hydrogen-bond acceptors (Lipinski definition) is 16. The Bertz CT molecular complexity index is 1180. The summed E-state index contributed by atoms with van der Waals surface area (Å²) in [5.74, 6) is -19.2. The molecule has 1 fully saturated rings. The first-order chi connectivity index (χ1) is 17.0. The Hall–Kier alpha value is -2.26. The summed E-state index contributed by atoms with van der Waals surface area (Å²) in [6.45, 7) is -4.32. The molecule has 0 radical (unpaired) electrons. The lowest BCUT2D eigenvalue weighted by molar-refractivity contribution is -0.565. The van der Waals surface area contributed by atoms with E-state index in [1.165, 1.54) is 17.8 Å². The Balaban J connectivity index is 1.77. The lowest BCUT2D eigenvalue weighted by atomic mass is 10.1. The third-order valence-electron chi connectivity index (χ3n) is 5.56. The van der Waals surface area contributed by atoms with Crippen molar-refractivity contribution in [3.8, 4) is 0 Å². The molecule has 1 saturated heterocycles. The van der Waals surface area contributed by atoms with Crippen molar-refractivity contribution in [3.05, 3.63) is 54.1 Å². The fourth-order valence-corrected chi connectivity index (χ4v) is 4.95. The first-order valence-corrected chi connectivity index (χ1v) is 11.4. The third-order valence-corrected chi connectivity index (χ3v) is 6.70. The second kappa shape index (κ2) is 9.19. The molecular weight excluding hydrogens is 518 g/mol. The molecule has 37 heavy (non-hydrogen) atoms. The van der Waals surface area contributed by atoms with Gasteiger partial charge in [-0.3, -0.25) is 4.74 Å². The van der Waals surface area contributed by atoms with E-state index in [2.05, 4.69) is 9.73 Å². The number of nitrogens with zero attached hydrogens (tertiary/aromatic N) is 3. The van der Waals surface area contributed by atoms with E-state index in [9.17, 15) is 51.1 Å². The van der Waals surface area contributed by atoms with Crippen molar-refractivity contribution in [2.75, 3.05) is 19.7 Å². The number of amidine groups is 1. The first kappa shape index (κ1) is 27.8. The van der Waals surface area contributed by atoms with Gasteiger partial charge in [0.15, 0.2) is 0 Å². The molecule has 0 bridgehead atoms. The van der Waals surface area contributed by atoms with Gasteiger partial charge in [0.25, 0.3) is 11.8 Å². The molecule has 2 aliphatic heterocycles. The fourth-order valence-electron chi connectivity index (χ4n) is 3.93. The monoisotopic (exact) mass is 543 g/mol. The Kier molecular flexibility index (Phi) is 6.89. The van der Waals surface area contributed by atoms with Crippen molar-refractivity contribution in [1.29, 1.82) is 0 Å². The summed E-state index contributed by atoms with van der Waals surface area (Å²) in [5, 5.41) is 112. The van der Waals surface area contributed by atoms with Crippen molar-refractivity contribution in [2.24, 2.45) is 4.99 Å². The highest BCUT2D eigenvalue weighted by Gasteiger charge is 2.64. The minimum absolute atomic E-state index is 0.0389. The summed E-state index contributed by atoms with van der Waals surface area (Å²) in [6.07, 6.45) is 0. The molecule has 15 nitrogen and oxygen atoms in total. The zero-order valence-corrected chi connectivity index (χ0v) is 19.6. The summed E-state index contributed by atoms with van der Waals surface area (Å²) >= 11 is 1.28. The van der Waals surface area contributed by atoms with Crippen molar-refractivity contribution in [2.45, 2.75) is 39.5 Å². The minimum Gasteiger partial charge on any atom is -0.388 e. The Morgan fingerprint density at radius 1 is 0.838 bits per heavy atom. The summed E-state index contributed by atoms with van der Waals surface area (Å²) < 4.78 is 3.94. The van der Waals surface area contributed by atoms with Gasteiger partial charge in [0, 0.05) is 15.4 Å². The molecule has 11 N–H and O–H groups in total. The second-order valence-corrected chi connectivity index (χ2v) is 9.57. The molecule has 2 heterocycles. The van der Waals surface area contributed by atoms with Gasteiger partial charge in [0.1, 0.15) is 12.4 Å². The van der Waals surface area contributed by atoms with Crippen molar-refractivity contribution < 1.29 is 60.9 Å². The SMILES string of the molecule is OCC(O)(O)OC(O)(O)C(O)(O)N1CC(O)(O)N(C2=Nc3ccccc3Sc3ccccc32)C(O)(O)C1. The predicted molar refractivity (Wildman–Crippen MR) is 121 cm³/mol. The number of para-hydroxylation sites is 1. The molecule has 0 aromatic heterocycles. The van der Waals surface area contributed by atoms with Crippen LogP contribution >= 0.6 is 11.8 Å². The van der Waals surface area contributed by atoms with Gasteiger partial charge in [-0.15, -0.1) is 0 Å². The van der Waals surface area contributed by atoms with E-state index in [1.54, 1.807) is 42.5 Å². The normalized spacial score (nSPS) is 20.1. The number of rotatable bonds is 5. The van der Waals surface area contributed by atoms with Crippen LogP contribution < -0.4 is 0 Å². The predicted octanol–water partition coefficient (Wildman–Crippen LogP) is -3.95. The molecule has 0 aliphatic carbocycles. The van der Waals surface area contributed by atoms with Gasteiger partial charge in [0.2, 0.25) is 0 Å². The van der Waals surface area contributed by atoms with Gasteiger partial charge in [0.05, 0.1) is 18.8 Å². The minimum atomic E-state index is -4.32. The summed E-state index contributed by atoms with van der Waals surface area (Å²) in [6, 6.07) is 13.3. The average Bonchev–Trinajstić information content (AvgIpc) is 2.93. The van der Waals surface area contributed by atoms with E-state index in [4.69, 9.17) is 5.11 Å². The van der Waals surface area contributed by atoms with Crippen molar-refractivity contribution in [3.63, 3.8) is 0 Å². The number of hydrogen-bond donors (Lipinski definition) is 11. The highest BCUT2D eigenvalue weighted by Crippen LogP contribution is 2.43. The highest BCUT2D eigenvalue weighted by atomic mass is 32.2. The summed E-state index contributed by atoms with van der Waals surface area (Å²) in [5.41, 5.74) is 0.599. The molecule has 16 heteroatoms. The Labute approximate surface area is 212 Å². The lowest BCUT2D eigenvalue weighted by Crippen LogP contribution is -2.80. The quantitative estimate of drug-likeness (QED) is 0.161. The van der Waals surface area contributed by atoms with E-state index < -0.39 is 49.4 Å². The lowest BCUT2D eigenvalue weighted by Gasteiger charge is -2.55. The van der Waals surface area contributed by atoms with Crippen LogP contribution in [0.3, 0.4) is 0 Å². The molecule has 0 atom stereocenters. The molecule has 2 aromatic carbocycles. The molecule has 2 aromatic rings. The largest absolute Gasteiger partial charge is 0.388 e. The molecular formula is C21H25N3O12S. The van der Waals surface area contributed by atoms with Gasteiger partial charge in [-0.05, 0) is 18.2 Å². The third kappa shape index (κ3) is 5.09. The molecule has 202 valence electrons. The number of piperazine rings is 1. The summed E-state index contributed by atoms with van der Waals surface area (Å²) in [4.78, 5) is 5.89. The van der Waals surface area contributed by atoms with Gasteiger partial charge in [-0.25, -0.2) is 14.8 Å². The number of β-amino-alcohol motifs (C(OH)–C–C–N with tert-alkyl or cyclic N) is 4. The number of benzene rings is 2. The van der Waals surface area contributed by atoms with E-state index in [-0.39, 0.29) is 16.3 Å². The molecule has 2 aliphatic rings. The van der Waals surface area contributed by atoms with Gasteiger partial charge in [-0.2, -0.15) is 0 Å². The number of aliphatic hydroxyl groups excluding tert-OH is 1. The first-order valence-electron chi connectivity index (χ1n) is 10.6. The Morgan fingerprint density at radius 2 is 1.38 bits per heavy atom. The van der Waals surface area contributed by atoms with Crippen LogP contribution in [0.25, 0.3) is 0 Å². The van der Waals surface area contributed by atoms with Crippen molar-refractivity contribution >= 4 is 23.3 Å². The zero-order valence-electron chi connectivity index (χ0n) is 18.8. The van der Waals surface area contributed by atoms with Crippen LogP contribution in [0.1, 0.15) is 5.56 Å². The standard InChI is InChI=1S/C21H25N3O12S/c25-11-19(30,31)36-21(34,35)20(32,33)23-9-17(26,27)24(18(28,29)10-23)16-12-5-1-3-7-14(12)37-15-8-4-2-6-13(15)22-16/h1-8,25-35H,9-11H2. The van der Waals surface area contributed by atoms with Crippen LogP contribution in [0.5, 0.6) is 0 Å². The molecule has 0 spiro atoms. The maximum Gasteiger partial charge on any atom is 0.355 e. The number of aliphatic hydroxyl groups is 11. The van der Waals surface area contributed by atoms with Crippen molar-refractivity contribution in [1.82, 2.24) is 9.80 Å². The van der Waals surface area contributed by atoms with Crippen LogP contribution in [0, 0.1) is 0 Å². The van der Waals surface area contributed by atoms with Crippen LogP contribution in [0.4, 0.5) is 5.69 Å². The number of ether oxygens (including phenoxy) is 1. The second-order valence-electron chi connectivity index (χ2n) is 8.49. The van der Waals surface area contributed by atoms with Crippen LogP contribution in [-0.4, -0.2) is 121 Å².